The van der Waals surface area contributed by atoms with E-state index in [2.05, 4.69) is 0 Å². The van der Waals surface area contributed by atoms with Gasteiger partial charge in [0.25, 0.3) is 0 Å². The minimum Gasteiger partial charge on any atom is -0.371 e. The molecular weight excluding hydrogens is 280 g/mol. The fourth-order valence-electron chi connectivity index (χ4n) is 4.24. The third-order valence-corrected chi connectivity index (χ3v) is 6.01. The van der Waals surface area contributed by atoms with Gasteiger partial charge in [-0.3, -0.25) is 9.59 Å². The molecule has 0 unspecified atom stereocenters. The molecule has 2 amide bonds. The van der Waals surface area contributed by atoms with Gasteiger partial charge in [0.05, 0.1) is 19.7 Å². The Hall–Kier alpha value is -1.10. The summed E-state index contributed by atoms with van der Waals surface area (Å²) >= 11 is 0. The van der Waals surface area contributed by atoms with Crippen molar-refractivity contribution in [3.8, 4) is 0 Å². The van der Waals surface area contributed by atoms with Crippen molar-refractivity contribution in [2.24, 2.45) is 11.8 Å². The summed E-state index contributed by atoms with van der Waals surface area (Å²) in [6, 6.07) is 0. The van der Waals surface area contributed by atoms with Crippen LogP contribution >= 0.6 is 0 Å². The highest BCUT2D eigenvalue weighted by Crippen LogP contribution is 2.39. The van der Waals surface area contributed by atoms with E-state index < -0.39 is 0 Å². The second-order valence-corrected chi connectivity index (χ2v) is 7.66. The van der Waals surface area contributed by atoms with Crippen molar-refractivity contribution in [3.63, 3.8) is 0 Å². The topological polar surface area (TPSA) is 49.9 Å². The molecular formula is C17H26N2O3. The number of hydrogen-bond acceptors (Lipinski definition) is 3. The molecule has 22 heavy (non-hydrogen) atoms. The predicted octanol–water partition coefficient (Wildman–Crippen LogP) is 1.42. The maximum absolute atomic E-state index is 12.2. The van der Waals surface area contributed by atoms with Crippen molar-refractivity contribution >= 4 is 11.8 Å². The zero-order valence-corrected chi connectivity index (χ0v) is 13.3. The molecule has 1 aliphatic carbocycles. The SMILES string of the molecule is O=C1CCCN1C[C@H]1CCC2(CN(C(=O)C3CCC3)C2)OC1. The first-order valence-corrected chi connectivity index (χ1v) is 8.86. The summed E-state index contributed by atoms with van der Waals surface area (Å²) in [6.45, 7) is 4.11. The maximum atomic E-state index is 12.2. The van der Waals surface area contributed by atoms with E-state index in [9.17, 15) is 9.59 Å². The van der Waals surface area contributed by atoms with E-state index in [1.807, 2.05) is 9.80 Å². The molecule has 0 aromatic carbocycles. The van der Waals surface area contributed by atoms with Crippen LogP contribution in [0.1, 0.15) is 44.9 Å². The Balaban J connectivity index is 1.23. The second-order valence-electron chi connectivity index (χ2n) is 7.66. The van der Waals surface area contributed by atoms with Gasteiger partial charge in [0, 0.05) is 31.3 Å². The monoisotopic (exact) mass is 306 g/mol. The van der Waals surface area contributed by atoms with E-state index in [4.69, 9.17) is 4.74 Å². The van der Waals surface area contributed by atoms with Crippen LogP contribution in [0.25, 0.3) is 0 Å². The number of rotatable bonds is 3. The minimum atomic E-state index is -0.0646. The van der Waals surface area contributed by atoms with Crippen LogP contribution in [0, 0.1) is 11.8 Å². The number of nitrogens with zero attached hydrogens (tertiary/aromatic N) is 2. The van der Waals surface area contributed by atoms with Crippen molar-refractivity contribution in [3.05, 3.63) is 0 Å². The molecule has 5 nitrogen and oxygen atoms in total. The van der Waals surface area contributed by atoms with Crippen LogP contribution in [0.5, 0.6) is 0 Å². The van der Waals surface area contributed by atoms with Crippen LogP contribution in [0.15, 0.2) is 0 Å². The van der Waals surface area contributed by atoms with Crippen LogP contribution in [0.4, 0.5) is 0 Å². The van der Waals surface area contributed by atoms with Crippen LogP contribution < -0.4 is 0 Å². The maximum Gasteiger partial charge on any atom is 0.225 e. The minimum absolute atomic E-state index is 0.0646. The lowest BCUT2D eigenvalue weighted by atomic mass is 9.79. The van der Waals surface area contributed by atoms with Gasteiger partial charge in [0.15, 0.2) is 0 Å². The number of carbonyl (C=O) groups is 2. The number of likely N-dealkylation sites (tertiary alicyclic amines) is 2. The third-order valence-electron chi connectivity index (χ3n) is 6.01. The van der Waals surface area contributed by atoms with Gasteiger partial charge in [-0.15, -0.1) is 0 Å². The lowest BCUT2D eigenvalue weighted by molar-refractivity contribution is -0.193. The van der Waals surface area contributed by atoms with Crippen molar-refractivity contribution in [2.45, 2.75) is 50.5 Å². The first-order valence-electron chi connectivity index (χ1n) is 8.86. The highest BCUT2D eigenvalue weighted by molar-refractivity contribution is 5.80. The van der Waals surface area contributed by atoms with Crippen LogP contribution in [0.2, 0.25) is 0 Å². The summed E-state index contributed by atoms with van der Waals surface area (Å²) in [5.74, 6) is 1.44. The van der Waals surface area contributed by atoms with E-state index in [0.29, 0.717) is 23.7 Å². The normalized spacial score (nSPS) is 31.3. The zero-order valence-electron chi connectivity index (χ0n) is 13.3. The summed E-state index contributed by atoms with van der Waals surface area (Å²) in [5.41, 5.74) is -0.0646. The molecule has 0 radical (unpaired) electrons. The molecule has 0 N–H and O–H groups in total. The molecule has 3 saturated heterocycles. The molecule has 4 aliphatic rings. The Kier molecular flexibility index (Phi) is 3.63. The molecule has 122 valence electrons. The summed E-state index contributed by atoms with van der Waals surface area (Å²) in [7, 11) is 0. The van der Waals surface area contributed by atoms with Crippen LogP contribution in [0.3, 0.4) is 0 Å². The van der Waals surface area contributed by atoms with E-state index in [1.165, 1.54) is 6.42 Å². The quantitative estimate of drug-likeness (QED) is 0.792. The Morgan fingerprint density at radius 1 is 1.23 bits per heavy atom. The molecule has 3 heterocycles. The van der Waals surface area contributed by atoms with Crippen molar-refractivity contribution in [1.29, 1.82) is 0 Å². The fourth-order valence-corrected chi connectivity index (χ4v) is 4.24. The predicted molar refractivity (Wildman–Crippen MR) is 81.1 cm³/mol. The van der Waals surface area contributed by atoms with Crippen LogP contribution in [-0.4, -0.2) is 60.0 Å². The van der Waals surface area contributed by atoms with Gasteiger partial charge < -0.3 is 14.5 Å². The Morgan fingerprint density at radius 3 is 2.59 bits per heavy atom. The number of carbonyl (C=O) groups excluding carboxylic acids is 2. The summed E-state index contributed by atoms with van der Waals surface area (Å²) in [6.07, 6.45) is 7.25. The van der Waals surface area contributed by atoms with Gasteiger partial charge in [-0.25, -0.2) is 0 Å². The van der Waals surface area contributed by atoms with Crippen LogP contribution in [-0.2, 0) is 14.3 Å². The lowest BCUT2D eigenvalue weighted by Gasteiger charge is -2.54. The van der Waals surface area contributed by atoms with Gasteiger partial charge in [-0.1, -0.05) is 6.42 Å². The first kappa shape index (κ1) is 14.5. The smallest absolute Gasteiger partial charge is 0.225 e. The molecule has 1 spiro atoms. The van der Waals surface area contributed by atoms with Crippen molar-refractivity contribution in [1.82, 2.24) is 9.80 Å². The van der Waals surface area contributed by atoms with Gasteiger partial charge in [-0.2, -0.15) is 0 Å². The molecule has 5 heteroatoms. The highest BCUT2D eigenvalue weighted by Gasteiger charge is 2.50. The fraction of sp³-hybridized carbons (Fsp3) is 0.882. The largest absolute Gasteiger partial charge is 0.371 e. The third kappa shape index (κ3) is 2.53. The molecule has 0 aromatic rings. The Bertz CT molecular complexity index is 459. The molecule has 0 bridgehead atoms. The van der Waals surface area contributed by atoms with E-state index in [0.717, 1.165) is 71.3 Å². The van der Waals surface area contributed by atoms with E-state index >= 15 is 0 Å². The number of hydrogen-bond donors (Lipinski definition) is 0. The average molecular weight is 306 g/mol. The molecule has 4 rings (SSSR count). The summed E-state index contributed by atoms with van der Waals surface area (Å²) in [5, 5.41) is 0. The summed E-state index contributed by atoms with van der Waals surface area (Å²) < 4.78 is 6.14. The first-order chi connectivity index (χ1) is 10.7. The van der Waals surface area contributed by atoms with Gasteiger partial charge in [-0.05, 0) is 32.1 Å². The number of amides is 2. The van der Waals surface area contributed by atoms with Crippen molar-refractivity contribution in [2.75, 3.05) is 32.8 Å². The second kappa shape index (κ2) is 5.52. The lowest BCUT2D eigenvalue weighted by Crippen LogP contribution is -2.67. The Morgan fingerprint density at radius 2 is 2.05 bits per heavy atom. The molecule has 4 fully saturated rings. The van der Waals surface area contributed by atoms with E-state index in [1.54, 1.807) is 0 Å². The van der Waals surface area contributed by atoms with E-state index in [-0.39, 0.29) is 5.60 Å². The average Bonchev–Trinajstić information content (AvgIpc) is 2.81. The molecule has 3 aliphatic heterocycles. The highest BCUT2D eigenvalue weighted by atomic mass is 16.5. The molecule has 1 atom stereocenters. The number of ether oxygens (including phenoxy) is 1. The van der Waals surface area contributed by atoms with Gasteiger partial charge in [0.1, 0.15) is 5.60 Å². The molecule has 1 saturated carbocycles. The zero-order chi connectivity index (χ0) is 15.2. The Labute approximate surface area is 132 Å². The van der Waals surface area contributed by atoms with Gasteiger partial charge >= 0.3 is 0 Å². The van der Waals surface area contributed by atoms with Crippen molar-refractivity contribution < 1.29 is 14.3 Å². The standard InChI is InChI=1S/C17H26N2O3/c20-15-5-2-8-18(15)9-13-6-7-17(22-10-13)11-19(12-17)16(21)14-3-1-4-14/h13-14H,1-12H2/t13-/m1/s1. The summed E-state index contributed by atoms with van der Waals surface area (Å²) in [4.78, 5) is 27.9. The van der Waals surface area contributed by atoms with Gasteiger partial charge in [0.2, 0.25) is 11.8 Å². The molecule has 0 aromatic heterocycles.